The molecule has 2 amide bonds. The number of benzene rings is 1. The molecule has 7 heteroatoms. The third-order valence-electron chi connectivity index (χ3n) is 1.71. The molecule has 0 saturated carbocycles. The second-order valence-electron chi connectivity index (χ2n) is 2.70. The van der Waals surface area contributed by atoms with E-state index in [1.54, 1.807) is 12.1 Å². The third kappa shape index (κ3) is 1.57. The minimum Gasteiger partial charge on any atom is -0.306 e. The van der Waals surface area contributed by atoms with Crippen molar-refractivity contribution < 1.29 is 13.2 Å². The molecule has 1 aromatic carbocycles. The number of amides is 2. The quantitative estimate of drug-likeness (QED) is 0.702. The molecule has 0 radical (unpaired) electrons. The fraction of sp³-hybridized carbons (Fsp3) is 0. The summed E-state index contributed by atoms with van der Waals surface area (Å²) in [6, 6.07) is 4.06. The van der Waals surface area contributed by atoms with E-state index in [1.807, 2.05) is 27.3 Å². The Morgan fingerprint density at radius 2 is 2.00 bits per heavy atom. The topological polar surface area (TPSA) is 75.3 Å². The molecular weight excluding hydrogens is 319 g/mol. The summed E-state index contributed by atoms with van der Waals surface area (Å²) in [6.07, 6.45) is 0. The molecule has 2 rings (SSSR count). The number of carbonyl (C=O) groups is 1. The van der Waals surface area contributed by atoms with E-state index in [0.717, 1.165) is 3.57 Å². The predicted molar refractivity (Wildman–Crippen MR) is 58.5 cm³/mol. The molecule has 0 saturated heterocycles. The van der Waals surface area contributed by atoms with Crippen molar-refractivity contribution in [3.63, 3.8) is 0 Å². The van der Waals surface area contributed by atoms with Gasteiger partial charge in [0.2, 0.25) is 0 Å². The van der Waals surface area contributed by atoms with Gasteiger partial charge in [0.15, 0.2) is 0 Å². The van der Waals surface area contributed by atoms with Crippen LogP contribution in [-0.2, 0) is 10.0 Å². The van der Waals surface area contributed by atoms with Crippen LogP contribution < -0.4 is 10.0 Å². The van der Waals surface area contributed by atoms with Gasteiger partial charge >= 0.3 is 6.03 Å². The van der Waals surface area contributed by atoms with Crippen molar-refractivity contribution in [3.05, 3.63) is 21.8 Å². The number of halogens is 1. The summed E-state index contributed by atoms with van der Waals surface area (Å²) < 4.78 is 25.6. The number of carbonyl (C=O) groups excluding carboxylic acids is 1. The Labute approximate surface area is 94.1 Å². The van der Waals surface area contributed by atoms with E-state index < -0.39 is 16.1 Å². The number of hydrogen-bond donors (Lipinski definition) is 2. The Morgan fingerprint density at radius 1 is 1.29 bits per heavy atom. The summed E-state index contributed by atoms with van der Waals surface area (Å²) in [5.41, 5.74) is 0.314. The van der Waals surface area contributed by atoms with Gasteiger partial charge in [-0.15, -0.1) is 0 Å². The smallest absolute Gasteiger partial charge is 0.306 e. The van der Waals surface area contributed by atoms with Crippen LogP contribution in [0.2, 0.25) is 0 Å². The van der Waals surface area contributed by atoms with Gasteiger partial charge in [-0.25, -0.2) is 17.9 Å². The lowest BCUT2D eigenvalue weighted by Gasteiger charge is -2.17. The van der Waals surface area contributed by atoms with Crippen molar-refractivity contribution in [2.24, 2.45) is 0 Å². The second kappa shape index (κ2) is 3.09. The van der Waals surface area contributed by atoms with E-state index in [9.17, 15) is 13.2 Å². The van der Waals surface area contributed by atoms with Gasteiger partial charge in [0.05, 0.1) is 5.69 Å². The number of nitrogens with one attached hydrogen (secondary N) is 2. The lowest BCUT2D eigenvalue weighted by atomic mass is 10.3. The number of urea groups is 1. The summed E-state index contributed by atoms with van der Waals surface area (Å²) >= 11 is 2.00. The maximum absolute atomic E-state index is 11.5. The molecule has 0 atom stereocenters. The van der Waals surface area contributed by atoms with Crippen LogP contribution in [0.15, 0.2) is 23.1 Å². The zero-order valence-electron chi connectivity index (χ0n) is 6.74. The van der Waals surface area contributed by atoms with Crippen LogP contribution in [-0.4, -0.2) is 14.4 Å². The monoisotopic (exact) mass is 324 g/mol. The lowest BCUT2D eigenvalue weighted by Crippen LogP contribution is -2.39. The minimum atomic E-state index is -3.68. The summed E-state index contributed by atoms with van der Waals surface area (Å²) in [6.45, 7) is 0. The molecule has 0 spiro atoms. The molecular formula is C7H5IN2O3S. The van der Waals surface area contributed by atoms with Gasteiger partial charge in [-0.2, -0.15) is 0 Å². The molecule has 0 unspecified atom stereocenters. The van der Waals surface area contributed by atoms with Gasteiger partial charge < -0.3 is 5.32 Å². The second-order valence-corrected chi connectivity index (χ2v) is 5.60. The molecule has 74 valence electrons. The van der Waals surface area contributed by atoms with Crippen LogP contribution in [0.1, 0.15) is 0 Å². The van der Waals surface area contributed by atoms with Gasteiger partial charge in [-0.05, 0) is 40.8 Å². The molecule has 0 bridgehead atoms. The Balaban J connectivity index is 2.71. The first-order chi connectivity index (χ1) is 6.49. The van der Waals surface area contributed by atoms with Crippen molar-refractivity contribution in [2.75, 3.05) is 5.32 Å². The van der Waals surface area contributed by atoms with Gasteiger partial charge in [0, 0.05) is 3.57 Å². The lowest BCUT2D eigenvalue weighted by molar-refractivity contribution is 0.256. The van der Waals surface area contributed by atoms with Crippen LogP contribution in [0.4, 0.5) is 10.5 Å². The first-order valence-corrected chi connectivity index (χ1v) is 6.18. The van der Waals surface area contributed by atoms with Crippen LogP contribution in [0.25, 0.3) is 0 Å². The molecule has 2 N–H and O–H groups in total. The highest BCUT2D eigenvalue weighted by atomic mass is 127. The predicted octanol–water partition coefficient (Wildman–Crippen LogP) is 1.11. The zero-order valence-corrected chi connectivity index (χ0v) is 9.72. The number of fused-ring (bicyclic) bond motifs is 1. The van der Waals surface area contributed by atoms with Gasteiger partial charge in [0.25, 0.3) is 10.0 Å². The standard InChI is InChI=1S/C7H5IN2O3S/c8-4-1-2-5-6(3-4)14(12,13)10-7(11)9-5/h1-3H,(H2,9,10,11). The van der Waals surface area contributed by atoms with Crippen molar-refractivity contribution in [2.45, 2.75) is 4.90 Å². The molecule has 1 aliphatic rings. The van der Waals surface area contributed by atoms with Crippen molar-refractivity contribution in [1.29, 1.82) is 0 Å². The Morgan fingerprint density at radius 3 is 2.71 bits per heavy atom. The fourth-order valence-corrected chi connectivity index (χ4v) is 2.94. The Hall–Kier alpha value is -0.830. The van der Waals surface area contributed by atoms with Gasteiger partial charge in [0.1, 0.15) is 4.90 Å². The Kier molecular flexibility index (Phi) is 2.14. The first kappa shape index (κ1) is 9.71. The molecule has 1 aliphatic heterocycles. The number of rotatable bonds is 0. The van der Waals surface area contributed by atoms with E-state index in [4.69, 9.17) is 0 Å². The summed E-state index contributed by atoms with van der Waals surface area (Å²) in [5, 5.41) is 2.41. The van der Waals surface area contributed by atoms with Crippen molar-refractivity contribution in [1.82, 2.24) is 4.72 Å². The summed E-state index contributed by atoms with van der Waals surface area (Å²) in [7, 11) is -3.68. The molecule has 0 fully saturated rings. The number of anilines is 1. The summed E-state index contributed by atoms with van der Waals surface area (Å²) in [5.74, 6) is 0. The first-order valence-electron chi connectivity index (χ1n) is 3.62. The van der Waals surface area contributed by atoms with Crippen LogP contribution in [0.5, 0.6) is 0 Å². The van der Waals surface area contributed by atoms with Gasteiger partial charge in [-0.3, -0.25) is 0 Å². The molecule has 1 heterocycles. The van der Waals surface area contributed by atoms with Crippen LogP contribution in [0, 0.1) is 3.57 Å². The Bertz CT molecular complexity index is 512. The third-order valence-corrected chi connectivity index (χ3v) is 3.75. The van der Waals surface area contributed by atoms with E-state index in [1.165, 1.54) is 6.07 Å². The van der Waals surface area contributed by atoms with Crippen LogP contribution >= 0.6 is 22.6 Å². The van der Waals surface area contributed by atoms with E-state index >= 15 is 0 Å². The average Bonchev–Trinajstić information content (AvgIpc) is 2.05. The SMILES string of the molecule is O=C1Nc2ccc(I)cc2S(=O)(=O)N1. The van der Waals surface area contributed by atoms with Gasteiger partial charge in [-0.1, -0.05) is 0 Å². The number of sulfonamides is 1. The summed E-state index contributed by atoms with van der Waals surface area (Å²) in [4.78, 5) is 11.0. The maximum atomic E-state index is 11.5. The van der Waals surface area contributed by atoms with E-state index in [0.29, 0.717) is 5.69 Å². The largest absolute Gasteiger partial charge is 0.333 e. The van der Waals surface area contributed by atoms with Crippen LogP contribution in [0.3, 0.4) is 0 Å². The molecule has 5 nitrogen and oxygen atoms in total. The maximum Gasteiger partial charge on any atom is 0.333 e. The van der Waals surface area contributed by atoms with E-state index in [-0.39, 0.29) is 4.90 Å². The molecule has 1 aromatic rings. The highest BCUT2D eigenvalue weighted by Crippen LogP contribution is 2.26. The van der Waals surface area contributed by atoms with Crippen molar-refractivity contribution in [3.8, 4) is 0 Å². The molecule has 14 heavy (non-hydrogen) atoms. The molecule has 0 aromatic heterocycles. The highest BCUT2D eigenvalue weighted by Gasteiger charge is 2.27. The molecule has 0 aliphatic carbocycles. The van der Waals surface area contributed by atoms with Crippen molar-refractivity contribution >= 4 is 44.3 Å². The zero-order chi connectivity index (χ0) is 10.3. The fourth-order valence-electron chi connectivity index (χ4n) is 1.15. The average molecular weight is 324 g/mol. The van der Waals surface area contributed by atoms with E-state index in [2.05, 4.69) is 5.32 Å². The minimum absolute atomic E-state index is 0.101. The number of hydrogen-bond acceptors (Lipinski definition) is 3. The normalized spacial score (nSPS) is 17.9. The highest BCUT2D eigenvalue weighted by molar-refractivity contribution is 14.1.